The summed E-state index contributed by atoms with van der Waals surface area (Å²) in [7, 11) is 0. The van der Waals surface area contributed by atoms with E-state index in [-0.39, 0.29) is 23.9 Å². The van der Waals surface area contributed by atoms with Crippen molar-refractivity contribution in [3.05, 3.63) is 71.9 Å². The van der Waals surface area contributed by atoms with Crippen LogP contribution in [0.25, 0.3) is 28.1 Å². The normalized spacial score (nSPS) is 29.8. The quantitative estimate of drug-likeness (QED) is 0.339. The van der Waals surface area contributed by atoms with Gasteiger partial charge in [-0.25, -0.2) is 4.98 Å². The molecule has 1 aromatic heterocycles. The van der Waals surface area contributed by atoms with E-state index < -0.39 is 11.7 Å². The molecule has 3 fully saturated rings. The molecule has 0 radical (unpaired) electrons. The number of cyclic esters (lactones) is 1. The zero-order valence-electron chi connectivity index (χ0n) is 20.7. The molecule has 0 spiro atoms. The summed E-state index contributed by atoms with van der Waals surface area (Å²) in [5, 5.41) is 0.876. The number of rotatable bonds is 3. The zero-order chi connectivity index (χ0) is 25.7. The predicted octanol–water partition coefficient (Wildman–Crippen LogP) is 7.94. The number of pyridine rings is 1. The summed E-state index contributed by atoms with van der Waals surface area (Å²) < 4.78 is 45.1. The van der Waals surface area contributed by atoms with Crippen molar-refractivity contribution in [3.63, 3.8) is 0 Å². The Morgan fingerprint density at radius 1 is 1.00 bits per heavy atom. The minimum absolute atomic E-state index is 0.00262. The summed E-state index contributed by atoms with van der Waals surface area (Å²) in [6.45, 7) is 2.03. The average Bonchev–Trinajstić information content (AvgIpc) is 3.18. The molecule has 2 heterocycles. The highest BCUT2D eigenvalue weighted by Crippen LogP contribution is 2.53. The van der Waals surface area contributed by atoms with Gasteiger partial charge in [-0.3, -0.25) is 4.79 Å². The lowest BCUT2D eigenvalue weighted by molar-refractivity contribution is -0.144. The Morgan fingerprint density at radius 3 is 2.65 bits per heavy atom. The number of fused-ring (bicyclic) bond motifs is 3. The molecule has 3 nitrogen and oxygen atoms in total. The number of nitrogens with zero attached hydrogens (tertiary/aromatic N) is 1. The summed E-state index contributed by atoms with van der Waals surface area (Å²) in [5.74, 6) is 1.66. The molecule has 3 aliphatic rings. The van der Waals surface area contributed by atoms with Crippen LogP contribution in [0.15, 0.2) is 60.7 Å². The molecule has 6 atom stereocenters. The second-order valence-electron chi connectivity index (χ2n) is 10.9. The maximum absolute atomic E-state index is 13.2. The summed E-state index contributed by atoms with van der Waals surface area (Å²) in [6.07, 6.45) is 5.76. The van der Waals surface area contributed by atoms with Gasteiger partial charge in [0.15, 0.2) is 0 Å². The Bertz CT molecular complexity index is 1360. The third-order valence-electron chi connectivity index (χ3n) is 8.80. The lowest BCUT2D eigenvalue weighted by Crippen LogP contribution is -2.42. The van der Waals surface area contributed by atoms with Crippen molar-refractivity contribution >= 4 is 22.9 Å². The van der Waals surface area contributed by atoms with E-state index in [2.05, 4.69) is 12.2 Å². The second kappa shape index (κ2) is 9.30. The summed E-state index contributed by atoms with van der Waals surface area (Å²) in [6, 6.07) is 14.9. The van der Waals surface area contributed by atoms with Gasteiger partial charge in [0.05, 0.1) is 22.7 Å². The van der Waals surface area contributed by atoms with Gasteiger partial charge in [-0.05, 0) is 85.1 Å². The largest absolute Gasteiger partial charge is 0.462 e. The van der Waals surface area contributed by atoms with Gasteiger partial charge in [0, 0.05) is 11.3 Å². The van der Waals surface area contributed by atoms with Crippen LogP contribution in [0.4, 0.5) is 13.2 Å². The monoisotopic (exact) mass is 505 g/mol. The standard InChI is InChI=1S/C31H30F3NO2/c1-18-29-26(25-8-3-2-5-21(25)17-27(29)30(36)37-18)13-12-24-11-9-22-15-20(10-14-28(22)35-24)19-6-4-7-23(16-19)31(32,33)34/h4,6-7,9-16,18,21,25-27,29H,2-3,5,8,17H2,1H3/b13-12+/t18-,21+,25-,26+,27-,29+/m1/s1. The molecule has 192 valence electrons. The zero-order valence-corrected chi connectivity index (χ0v) is 20.7. The number of aromatic nitrogens is 1. The van der Waals surface area contributed by atoms with E-state index in [1.807, 2.05) is 37.3 Å². The third-order valence-corrected chi connectivity index (χ3v) is 8.80. The van der Waals surface area contributed by atoms with Gasteiger partial charge < -0.3 is 4.74 Å². The van der Waals surface area contributed by atoms with Gasteiger partial charge in [-0.1, -0.05) is 49.6 Å². The highest BCUT2D eigenvalue weighted by atomic mass is 19.4. The lowest BCUT2D eigenvalue weighted by atomic mass is 9.57. The topological polar surface area (TPSA) is 39.2 Å². The van der Waals surface area contributed by atoms with Crippen molar-refractivity contribution in [2.75, 3.05) is 0 Å². The number of ether oxygens (including phenoxy) is 1. The van der Waals surface area contributed by atoms with Gasteiger partial charge >= 0.3 is 12.1 Å². The maximum atomic E-state index is 13.2. The number of carbonyl (C=O) groups is 1. The molecule has 2 saturated carbocycles. The number of allylic oxidation sites excluding steroid dienone is 1. The molecule has 6 heteroatoms. The number of benzene rings is 2. The van der Waals surface area contributed by atoms with Crippen molar-refractivity contribution in [3.8, 4) is 11.1 Å². The molecule has 1 saturated heterocycles. The van der Waals surface area contributed by atoms with Crippen LogP contribution in [0.1, 0.15) is 50.3 Å². The molecule has 2 aliphatic carbocycles. The summed E-state index contributed by atoms with van der Waals surface area (Å²) in [4.78, 5) is 17.4. The number of esters is 1. The van der Waals surface area contributed by atoms with Crippen molar-refractivity contribution in [2.45, 2.75) is 51.3 Å². The number of hydrogen-bond donors (Lipinski definition) is 0. The van der Waals surface area contributed by atoms with E-state index in [1.165, 1.54) is 37.8 Å². The van der Waals surface area contributed by atoms with Crippen LogP contribution in [0.5, 0.6) is 0 Å². The second-order valence-corrected chi connectivity index (χ2v) is 10.9. The first-order chi connectivity index (χ1) is 17.8. The minimum Gasteiger partial charge on any atom is -0.462 e. The fraction of sp³-hybridized carbons (Fsp3) is 0.419. The Kier molecular flexibility index (Phi) is 6.09. The lowest BCUT2D eigenvalue weighted by Gasteiger charge is -2.45. The van der Waals surface area contributed by atoms with E-state index in [9.17, 15) is 18.0 Å². The van der Waals surface area contributed by atoms with E-state index >= 15 is 0 Å². The third kappa shape index (κ3) is 4.55. The molecule has 0 N–H and O–H groups in total. The molecule has 37 heavy (non-hydrogen) atoms. The van der Waals surface area contributed by atoms with Crippen LogP contribution in [0.3, 0.4) is 0 Å². The fourth-order valence-corrected chi connectivity index (χ4v) is 7.08. The maximum Gasteiger partial charge on any atom is 0.416 e. The minimum atomic E-state index is -4.37. The number of hydrogen-bond acceptors (Lipinski definition) is 3. The number of carbonyl (C=O) groups excluding carboxylic acids is 1. The van der Waals surface area contributed by atoms with Gasteiger partial charge in [-0.2, -0.15) is 13.2 Å². The first kappa shape index (κ1) is 24.2. The van der Waals surface area contributed by atoms with Crippen molar-refractivity contribution in [1.29, 1.82) is 0 Å². The fourth-order valence-electron chi connectivity index (χ4n) is 7.08. The van der Waals surface area contributed by atoms with Crippen LogP contribution >= 0.6 is 0 Å². The van der Waals surface area contributed by atoms with E-state index in [4.69, 9.17) is 9.72 Å². The van der Waals surface area contributed by atoms with E-state index in [0.29, 0.717) is 23.3 Å². The van der Waals surface area contributed by atoms with Crippen LogP contribution in [-0.2, 0) is 15.7 Å². The van der Waals surface area contributed by atoms with Crippen molar-refractivity contribution in [2.24, 2.45) is 29.6 Å². The first-order valence-corrected chi connectivity index (χ1v) is 13.2. The molecule has 0 unspecified atom stereocenters. The average molecular weight is 506 g/mol. The molecule has 0 amide bonds. The molecule has 6 rings (SSSR count). The first-order valence-electron chi connectivity index (χ1n) is 13.2. The molecule has 1 aliphatic heterocycles. The van der Waals surface area contributed by atoms with Crippen LogP contribution in [0.2, 0.25) is 0 Å². The highest BCUT2D eigenvalue weighted by Gasteiger charge is 2.53. The number of halogens is 3. The Balaban J connectivity index is 1.28. The molecule has 3 aromatic rings. The van der Waals surface area contributed by atoms with Gasteiger partial charge in [0.2, 0.25) is 0 Å². The highest BCUT2D eigenvalue weighted by molar-refractivity contribution is 5.85. The van der Waals surface area contributed by atoms with Crippen molar-refractivity contribution in [1.82, 2.24) is 4.98 Å². The van der Waals surface area contributed by atoms with Crippen LogP contribution < -0.4 is 0 Å². The molecule has 2 aromatic carbocycles. The smallest absolute Gasteiger partial charge is 0.416 e. The Labute approximate surface area is 214 Å². The predicted molar refractivity (Wildman–Crippen MR) is 137 cm³/mol. The summed E-state index contributed by atoms with van der Waals surface area (Å²) >= 11 is 0. The van der Waals surface area contributed by atoms with Gasteiger partial charge in [0.25, 0.3) is 0 Å². The van der Waals surface area contributed by atoms with E-state index in [1.54, 1.807) is 6.07 Å². The molecule has 0 bridgehead atoms. The Morgan fingerprint density at radius 2 is 1.81 bits per heavy atom. The molecular formula is C31H30F3NO2. The Hall–Kier alpha value is -3.15. The summed E-state index contributed by atoms with van der Waals surface area (Å²) in [5.41, 5.74) is 2.23. The SMILES string of the molecule is C[C@H]1OC(=O)[C@@H]2C[C@@H]3CCCC[C@H]3[C@H](/C=C/c3ccc4cc(-c5cccc(C(F)(F)F)c5)ccc4n3)[C@H]12. The molecular weight excluding hydrogens is 475 g/mol. The van der Waals surface area contributed by atoms with Gasteiger partial charge in [-0.15, -0.1) is 0 Å². The number of alkyl halides is 3. The van der Waals surface area contributed by atoms with Crippen molar-refractivity contribution < 1.29 is 22.7 Å². The van der Waals surface area contributed by atoms with E-state index in [0.717, 1.165) is 34.6 Å². The van der Waals surface area contributed by atoms with Crippen LogP contribution in [-0.4, -0.2) is 17.1 Å². The van der Waals surface area contributed by atoms with Gasteiger partial charge in [0.1, 0.15) is 6.10 Å². The van der Waals surface area contributed by atoms with Crippen LogP contribution in [0, 0.1) is 29.6 Å².